The molecule has 0 N–H and O–H groups in total. The van der Waals surface area contributed by atoms with Crippen molar-refractivity contribution < 1.29 is 4.74 Å². The van der Waals surface area contributed by atoms with Crippen molar-refractivity contribution in [1.82, 2.24) is 4.98 Å². The Hall–Kier alpha value is -2.05. The summed E-state index contributed by atoms with van der Waals surface area (Å²) in [6.45, 7) is 6.58. The van der Waals surface area contributed by atoms with Crippen LogP contribution < -0.4 is 4.74 Å². The van der Waals surface area contributed by atoms with Gasteiger partial charge in [0.05, 0.1) is 5.56 Å². The Kier molecular flexibility index (Phi) is 4.50. The summed E-state index contributed by atoms with van der Waals surface area (Å²) >= 11 is 6.08. The molecule has 0 aliphatic carbocycles. The molecule has 0 aliphatic heterocycles. The molecular weight excluding hydrogens is 284 g/mol. The van der Waals surface area contributed by atoms with Crippen LogP contribution in [0, 0.1) is 11.3 Å². The fourth-order valence-corrected chi connectivity index (χ4v) is 2.06. The number of aromatic nitrogens is 1. The second-order valence-electron chi connectivity index (χ2n) is 5.45. The monoisotopic (exact) mass is 300 g/mol. The first-order valence-corrected chi connectivity index (χ1v) is 7.18. The maximum Gasteiger partial charge on any atom is 0.239 e. The number of nitriles is 1. The topological polar surface area (TPSA) is 45.9 Å². The third-order valence-electron chi connectivity index (χ3n) is 3.71. The van der Waals surface area contributed by atoms with Gasteiger partial charge in [0.2, 0.25) is 5.88 Å². The van der Waals surface area contributed by atoms with Gasteiger partial charge in [0.25, 0.3) is 0 Å². The lowest BCUT2D eigenvalue weighted by Gasteiger charge is -2.23. The Morgan fingerprint density at radius 3 is 2.48 bits per heavy atom. The average Bonchev–Trinajstić information content (AvgIpc) is 2.50. The van der Waals surface area contributed by atoms with E-state index in [4.69, 9.17) is 21.6 Å². The van der Waals surface area contributed by atoms with Crippen molar-refractivity contribution >= 4 is 11.6 Å². The molecule has 0 aliphatic rings. The first kappa shape index (κ1) is 15.3. The quantitative estimate of drug-likeness (QED) is 0.790. The van der Waals surface area contributed by atoms with E-state index in [2.05, 4.69) is 25.8 Å². The molecule has 0 saturated carbocycles. The summed E-state index contributed by atoms with van der Waals surface area (Å²) in [5, 5.41) is 9.18. The van der Waals surface area contributed by atoms with Gasteiger partial charge in [-0.25, -0.2) is 4.98 Å². The molecule has 0 unspecified atom stereocenters. The number of pyridine rings is 1. The van der Waals surface area contributed by atoms with E-state index in [0.717, 1.165) is 6.42 Å². The molecule has 3 nitrogen and oxygen atoms in total. The van der Waals surface area contributed by atoms with Crippen LogP contribution in [0.3, 0.4) is 0 Å². The number of halogens is 1. The van der Waals surface area contributed by atoms with Gasteiger partial charge in [0.15, 0.2) is 0 Å². The summed E-state index contributed by atoms with van der Waals surface area (Å²) < 4.78 is 5.66. The molecule has 108 valence electrons. The van der Waals surface area contributed by atoms with Crippen LogP contribution in [0.25, 0.3) is 0 Å². The van der Waals surface area contributed by atoms with Crippen LogP contribution in [-0.4, -0.2) is 4.98 Å². The van der Waals surface area contributed by atoms with E-state index in [-0.39, 0.29) is 16.3 Å². The zero-order valence-corrected chi connectivity index (χ0v) is 13.1. The van der Waals surface area contributed by atoms with Gasteiger partial charge in [0, 0.05) is 6.20 Å². The number of hydrogen-bond donors (Lipinski definition) is 0. The van der Waals surface area contributed by atoms with E-state index in [1.807, 2.05) is 30.3 Å². The lowest BCUT2D eigenvalue weighted by Crippen LogP contribution is -2.14. The molecule has 0 amide bonds. The van der Waals surface area contributed by atoms with Crippen LogP contribution in [0.5, 0.6) is 11.6 Å². The zero-order chi connectivity index (χ0) is 15.5. The Morgan fingerprint density at radius 2 is 1.90 bits per heavy atom. The lowest BCUT2D eigenvalue weighted by molar-refractivity contribution is 0.460. The number of hydrogen-bond acceptors (Lipinski definition) is 3. The molecule has 1 heterocycles. The van der Waals surface area contributed by atoms with Crippen molar-refractivity contribution in [3.05, 3.63) is 52.7 Å². The number of rotatable bonds is 4. The van der Waals surface area contributed by atoms with Crippen LogP contribution in [0.15, 0.2) is 36.5 Å². The summed E-state index contributed by atoms with van der Waals surface area (Å²) in [5.74, 6) is 0.897. The third kappa shape index (κ3) is 3.34. The van der Waals surface area contributed by atoms with Gasteiger partial charge in [-0.05, 0) is 35.6 Å². The first-order valence-electron chi connectivity index (χ1n) is 6.81. The molecule has 0 radical (unpaired) electrons. The number of nitrogens with zero attached hydrogens (tertiary/aromatic N) is 2. The first-order chi connectivity index (χ1) is 9.97. The summed E-state index contributed by atoms with van der Waals surface area (Å²) in [4.78, 5) is 4.06. The molecule has 2 aromatic rings. The van der Waals surface area contributed by atoms with Crippen LogP contribution in [-0.2, 0) is 5.41 Å². The number of ether oxygens (including phenoxy) is 1. The minimum atomic E-state index is 0.134. The van der Waals surface area contributed by atoms with Crippen molar-refractivity contribution in [3.63, 3.8) is 0 Å². The zero-order valence-electron chi connectivity index (χ0n) is 12.4. The maximum absolute atomic E-state index is 8.94. The highest BCUT2D eigenvalue weighted by atomic mass is 35.5. The van der Waals surface area contributed by atoms with Crippen LogP contribution in [0.1, 0.15) is 38.3 Å². The van der Waals surface area contributed by atoms with Crippen molar-refractivity contribution in [2.24, 2.45) is 0 Å². The summed E-state index contributed by atoms with van der Waals surface area (Å²) in [6.07, 6.45) is 2.57. The third-order valence-corrected chi connectivity index (χ3v) is 4.08. The molecule has 2 rings (SSSR count). The average molecular weight is 301 g/mol. The van der Waals surface area contributed by atoms with Crippen molar-refractivity contribution in [2.45, 2.75) is 32.6 Å². The minimum absolute atomic E-state index is 0.134. The molecule has 0 bridgehead atoms. The van der Waals surface area contributed by atoms with Gasteiger partial charge in [-0.1, -0.05) is 44.5 Å². The van der Waals surface area contributed by atoms with E-state index in [1.54, 1.807) is 6.07 Å². The molecule has 0 fully saturated rings. The standard InChI is InChI=1S/C17H17ClN2O/c1-4-17(2,3)13-5-7-14(8-6-13)21-16-15(18)12(11-19)9-10-20-16/h5-10H,4H2,1-3H3. The summed E-state index contributed by atoms with van der Waals surface area (Å²) in [6, 6.07) is 11.4. The van der Waals surface area contributed by atoms with E-state index >= 15 is 0 Å². The molecule has 1 aromatic carbocycles. The number of benzene rings is 1. The van der Waals surface area contributed by atoms with Gasteiger partial charge in [-0.2, -0.15) is 5.26 Å². The Bertz CT molecular complexity index is 672. The second kappa shape index (κ2) is 6.15. The lowest BCUT2D eigenvalue weighted by atomic mass is 9.82. The largest absolute Gasteiger partial charge is 0.437 e. The predicted molar refractivity (Wildman–Crippen MR) is 83.8 cm³/mol. The molecule has 21 heavy (non-hydrogen) atoms. The van der Waals surface area contributed by atoms with Crippen LogP contribution in [0.4, 0.5) is 0 Å². The SMILES string of the molecule is CCC(C)(C)c1ccc(Oc2nccc(C#N)c2Cl)cc1. The Balaban J connectivity index is 2.24. The fourth-order valence-electron chi connectivity index (χ4n) is 1.87. The molecular formula is C17H17ClN2O. The van der Waals surface area contributed by atoms with E-state index in [9.17, 15) is 0 Å². The highest BCUT2D eigenvalue weighted by molar-refractivity contribution is 6.33. The normalized spacial score (nSPS) is 11.0. The van der Waals surface area contributed by atoms with Crippen molar-refractivity contribution in [2.75, 3.05) is 0 Å². The van der Waals surface area contributed by atoms with E-state index in [0.29, 0.717) is 11.3 Å². The van der Waals surface area contributed by atoms with Gasteiger partial charge in [0.1, 0.15) is 16.8 Å². The highest BCUT2D eigenvalue weighted by Crippen LogP contribution is 2.32. The molecule has 4 heteroatoms. The van der Waals surface area contributed by atoms with Crippen molar-refractivity contribution in [1.29, 1.82) is 5.26 Å². The molecule has 0 spiro atoms. The maximum atomic E-state index is 8.94. The van der Waals surface area contributed by atoms with Gasteiger partial charge in [-0.3, -0.25) is 0 Å². The van der Waals surface area contributed by atoms with Crippen molar-refractivity contribution in [3.8, 4) is 17.7 Å². The van der Waals surface area contributed by atoms with Gasteiger partial charge >= 0.3 is 0 Å². The predicted octanol–water partition coefficient (Wildman–Crippen LogP) is 5.09. The molecule has 0 atom stereocenters. The van der Waals surface area contributed by atoms with E-state index < -0.39 is 0 Å². The fraction of sp³-hybridized carbons (Fsp3) is 0.294. The van der Waals surface area contributed by atoms with Gasteiger partial charge in [-0.15, -0.1) is 0 Å². The minimum Gasteiger partial charge on any atom is -0.437 e. The van der Waals surface area contributed by atoms with Gasteiger partial charge < -0.3 is 4.74 Å². The molecule has 1 aromatic heterocycles. The summed E-state index contributed by atoms with van der Waals surface area (Å²) in [7, 11) is 0. The Labute approximate surface area is 130 Å². The summed E-state index contributed by atoms with van der Waals surface area (Å²) in [5.41, 5.74) is 1.74. The second-order valence-corrected chi connectivity index (χ2v) is 5.83. The molecule has 0 saturated heterocycles. The highest BCUT2D eigenvalue weighted by Gasteiger charge is 2.18. The smallest absolute Gasteiger partial charge is 0.239 e. The van der Waals surface area contributed by atoms with Crippen LogP contribution >= 0.6 is 11.6 Å². The Morgan fingerprint density at radius 1 is 1.24 bits per heavy atom. The van der Waals surface area contributed by atoms with Crippen LogP contribution in [0.2, 0.25) is 5.02 Å². The van der Waals surface area contributed by atoms with E-state index in [1.165, 1.54) is 11.8 Å².